The van der Waals surface area contributed by atoms with E-state index in [0.717, 1.165) is 89.5 Å². The van der Waals surface area contributed by atoms with Crippen LogP contribution in [0.2, 0.25) is 0 Å². The third kappa shape index (κ3) is 57.8. The standard InChI is InChI=1S/C31H56N2O5.C12H18N2O3.3C9H20.C2H6/c1-5-7-9-11-13-17-21-36-28(3)23-32(25-31(35)37-22-18-14-12-10-8-6-2)24-29(4)38-26-30-19-15-16-20-33(30)27-34;13-12(17)7-14(5-10(15)8-1-2-8)6-11(16)9-3-4-9;1-4-7-9(6-3)8-5-2;2*1-3-5-7-9-8-6-4-2;1-2/h27,30H,3-26H2,1-2H3;8-9H,1-7H2,(H2,13,17);9H,4-8H2,1-3H3;2*3-9H2,1-2H3;1-2H3. The molecule has 84 heavy (non-hydrogen) atoms. The maximum atomic E-state index is 12.6. The zero-order chi connectivity index (χ0) is 63.3. The molecule has 3 rings (SSSR count). The Morgan fingerprint density at radius 1 is 0.476 bits per heavy atom. The first-order valence-electron chi connectivity index (χ1n) is 35.5. The Hall–Kier alpha value is -3.25. The van der Waals surface area contributed by atoms with Crippen molar-refractivity contribution in [3.8, 4) is 0 Å². The van der Waals surface area contributed by atoms with Crippen molar-refractivity contribution in [3.05, 3.63) is 24.7 Å². The van der Waals surface area contributed by atoms with Gasteiger partial charge in [0.2, 0.25) is 12.3 Å². The number of carbonyl (C=O) groups excluding carboxylic acids is 5. The van der Waals surface area contributed by atoms with Crippen LogP contribution in [0.4, 0.5) is 0 Å². The number of amides is 2. The lowest BCUT2D eigenvalue weighted by Gasteiger charge is -2.33. The van der Waals surface area contributed by atoms with Crippen LogP contribution in [0.1, 0.15) is 320 Å². The summed E-state index contributed by atoms with van der Waals surface area (Å²) in [5.41, 5.74) is 5.13. The summed E-state index contributed by atoms with van der Waals surface area (Å²) in [7, 11) is 0. The van der Waals surface area contributed by atoms with Gasteiger partial charge in [0, 0.05) is 18.4 Å². The molecule has 2 aliphatic carbocycles. The van der Waals surface area contributed by atoms with Crippen LogP contribution < -0.4 is 5.73 Å². The molecule has 12 nitrogen and oxygen atoms in total. The number of nitrogens with zero attached hydrogens (tertiary/aromatic N) is 3. The summed E-state index contributed by atoms with van der Waals surface area (Å²) >= 11 is 0. The topological polar surface area (TPSA) is 149 Å². The quantitative estimate of drug-likeness (QED) is 0.0270. The monoisotopic (exact) mass is 1190 g/mol. The molecular weight excluding hydrogens is 1050 g/mol. The second kappa shape index (κ2) is 64.2. The van der Waals surface area contributed by atoms with Gasteiger partial charge in [0.25, 0.3) is 0 Å². The first kappa shape index (κ1) is 85.0. The third-order valence-electron chi connectivity index (χ3n) is 15.6. The van der Waals surface area contributed by atoms with E-state index in [2.05, 4.69) is 75.5 Å². The molecule has 2 N–H and O–H groups in total. The number of Topliss-reactive ketones (excluding diaryl/α,β-unsaturated/α-hetero) is 2. The maximum absolute atomic E-state index is 12.6. The lowest BCUT2D eigenvalue weighted by Crippen LogP contribution is -2.41. The molecular formula is C72H140N4O8. The van der Waals surface area contributed by atoms with Crippen molar-refractivity contribution in [2.24, 2.45) is 23.5 Å². The Morgan fingerprint density at radius 2 is 0.845 bits per heavy atom. The number of rotatable bonds is 50. The number of ether oxygens (including phenoxy) is 3. The van der Waals surface area contributed by atoms with Gasteiger partial charge in [-0.25, -0.2) is 0 Å². The highest BCUT2D eigenvalue weighted by Gasteiger charge is 2.34. The van der Waals surface area contributed by atoms with Crippen molar-refractivity contribution >= 4 is 29.9 Å². The number of primary amides is 1. The van der Waals surface area contributed by atoms with Crippen LogP contribution in [0.25, 0.3) is 0 Å². The van der Waals surface area contributed by atoms with E-state index >= 15 is 0 Å². The van der Waals surface area contributed by atoms with Crippen LogP contribution in [0, 0.1) is 17.8 Å². The normalized spacial score (nSPS) is 14.2. The molecule has 496 valence electrons. The Morgan fingerprint density at radius 3 is 1.20 bits per heavy atom. The summed E-state index contributed by atoms with van der Waals surface area (Å²) in [6, 6.07) is 0.0735. The van der Waals surface area contributed by atoms with Crippen molar-refractivity contribution in [2.75, 3.05) is 65.6 Å². The number of hydrogen-bond donors (Lipinski definition) is 1. The average Bonchev–Trinajstić information content (AvgIpc) is 4.45. The number of carbonyl (C=O) groups is 5. The summed E-state index contributed by atoms with van der Waals surface area (Å²) < 4.78 is 17.3. The molecule has 0 bridgehead atoms. The molecule has 2 saturated carbocycles. The van der Waals surface area contributed by atoms with Crippen LogP contribution in [0.5, 0.6) is 0 Å². The highest BCUT2D eigenvalue weighted by atomic mass is 16.5. The van der Waals surface area contributed by atoms with E-state index in [1.165, 1.54) is 173 Å². The van der Waals surface area contributed by atoms with E-state index in [1.54, 1.807) is 4.90 Å². The molecule has 1 saturated heterocycles. The Bertz CT molecular complexity index is 1450. The highest BCUT2D eigenvalue weighted by Crippen LogP contribution is 2.31. The molecule has 0 spiro atoms. The number of hydrogen-bond acceptors (Lipinski definition) is 10. The lowest BCUT2D eigenvalue weighted by molar-refractivity contribution is -0.145. The predicted octanol–water partition coefficient (Wildman–Crippen LogP) is 18.5. The molecule has 0 aromatic heterocycles. The molecule has 0 aromatic rings. The third-order valence-corrected chi connectivity index (χ3v) is 15.6. The van der Waals surface area contributed by atoms with Crippen molar-refractivity contribution in [1.82, 2.24) is 14.7 Å². The van der Waals surface area contributed by atoms with Crippen LogP contribution >= 0.6 is 0 Å². The molecule has 1 atom stereocenters. The molecule has 1 aliphatic heterocycles. The summed E-state index contributed by atoms with van der Waals surface area (Å²) in [5, 5.41) is 0. The Kier molecular flexibility index (Phi) is 65.0. The van der Waals surface area contributed by atoms with Crippen LogP contribution in [-0.2, 0) is 38.2 Å². The number of piperidine rings is 1. The van der Waals surface area contributed by atoms with Gasteiger partial charge in [-0.15, -0.1) is 0 Å². The zero-order valence-corrected chi connectivity index (χ0v) is 57.4. The van der Waals surface area contributed by atoms with E-state index in [1.807, 2.05) is 23.6 Å². The number of esters is 1. The van der Waals surface area contributed by atoms with Gasteiger partial charge >= 0.3 is 5.97 Å². The van der Waals surface area contributed by atoms with E-state index in [4.69, 9.17) is 19.9 Å². The first-order chi connectivity index (χ1) is 40.7. The number of likely N-dealkylation sites (tertiary alicyclic amines) is 1. The van der Waals surface area contributed by atoms with Crippen molar-refractivity contribution < 1.29 is 38.2 Å². The number of nitrogens with two attached hydrogens (primary N) is 1. The molecule has 0 radical (unpaired) electrons. The molecule has 1 heterocycles. The van der Waals surface area contributed by atoms with Gasteiger partial charge in [-0.2, -0.15) is 0 Å². The van der Waals surface area contributed by atoms with E-state index in [9.17, 15) is 24.0 Å². The van der Waals surface area contributed by atoms with Gasteiger partial charge in [0.15, 0.2) is 0 Å². The number of ketones is 2. The lowest BCUT2D eigenvalue weighted by atomic mass is 9.96. The maximum Gasteiger partial charge on any atom is 0.320 e. The summed E-state index contributed by atoms with van der Waals surface area (Å²) in [6.07, 6.45) is 48.8. The Balaban J connectivity index is -0.00000116. The minimum atomic E-state index is -0.489. The number of unbranched alkanes of at least 4 members (excludes halogenated alkanes) is 22. The van der Waals surface area contributed by atoms with Gasteiger partial charge < -0.3 is 24.8 Å². The minimum absolute atomic E-state index is 0.00306. The van der Waals surface area contributed by atoms with Gasteiger partial charge in [-0.3, -0.25) is 33.8 Å². The van der Waals surface area contributed by atoms with Crippen LogP contribution in [-0.4, -0.2) is 116 Å². The zero-order valence-electron chi connectivity index (χ0n) is 57.4. The second-order valence-corrected chi connectivity index (χ2v) is 24.1. The largest absolute Gasteiger partial charge is 0.497 e. The summed E-state index contributed by atoms with van der Waals surface area (Å²) in [5.74, 6) is 2.04. The fraction of sp³-hybridized carbons (Fsp3) is 0.875. The van der Waals surface area contributed by atoms with Gasteiger partial charge in [-0.1, -0.05) is 276 Å². The van der Waals surface area contributed by atoms with Crippen LogP contribution in [0.3, 0.4) is 0 Å². The molecule has 1 unspecified atom stereocenters. The fourth-order valence-corrected chi connectivity index (χ4v) is 10.0. The minimum Gasteiger partial charge on any atom is -0.497 e. The SMILES string of the molecule is C=C(CN(CC(=C)OCC1CCCCN1C=O)CC(=O)OCCCCCCCC)OCCCCCCCC.CC.CCCC(CC)CCC.CCCCCCCCC.CCCCCCCCC.NC(=O)CN(CC(=O)C1CC1)CC(=O)C1CC1. The predicted molar refractivity (Wildman–Crippen MR) is 358 cm³/mol. The average molecular weight is 1190 g/mol. The van der Waals surface area contributed by atoms with Crippen molar-refractivity contribution in [1.29, 1.82) is 0 Å². The van der Waals surface area contributed by atoms with Crippen LogP contribution in [0.15, 0.2) is 24.7 Å². The van der Waals surface area contributed by atoms with E-state index in [-0.39, 0.29) is 61.6 Å². The van der Waals surface area contributed by atoms with Crippen molar-refractivity contribution in [2.45, 2.75) is 326 Å². The summed E-state index contributed by atoms with van der Waals surface area (Å²) in [4.78, 5) is 63.5. The van der Waals surface area contributed by atoms with Crippen molar-refractivity contribution in [3.63, 3.8) is 0 Å². The first-order valence-corrected chi connectivity index (χ1v) is 35.5. The Labute approximate surface area is 520 Å². The van der Waals surface area contributed by atoms with E-state index in [0.29, 0.717) is 44.4 Å². The summed E-state index contributed by atoms with van der Waals surface area (Å²) in [6.45, 7) is 36.1. The molecule has 3 aliphatic rings. The fourth-order valence-electron chi connectivity index (χ4n) is 10.0. The second-order valence-electron chi connectivity index (χ2n) is 24.1. The molecule has 3 fully saturated rings. The molecule has 12 heteroatoms. The molecule has 2 amide bonds. The van der Waals surface area contributed by atoms with Gasteiger partial charge in [0.1, 0.15) is 29.7 Å². The molecule has 0 aromatic carbocycles. The van der Waals surface area contributed by atoms with Gasteiger partial charge in [-0.05, 0) is 63.7 Å². The van der Waals surface area contributed by atoms with Gasteiger partial charge in [0.05, 0.1) is 58.5 Å². The van der Waals surface area contributed by atoms with E-state index < -0.39 is 5.91 Å². The highest BCUT2D eigenvalue weighted by molar-refractivity contribution is 5.89. The smallest absolute Gasteiger partial charge is 0.320 e.